The van der Waals surface area contributed by atoms with Gasteiger partial charge >= 0.3 is 0 Å². The highest BCUT2D eigenvalue weighted by molar-refractivity contribution is 7.89. The average molecular weight is 518 g/mol. The first-order valence-corrected chi connectivity index (χ1v) is 13.2. The van der Waals surface area contributed by atoms with Crippen LogP contribution in [-0.2, 0) is 14.8 Å². The number of anilines is 1. The van der Waals surface area contributed by atoms with Crippen LogP contribution in [0.2, 0.25) is 0 Å². The van der Waals surface area contributed by atoms with Crippen molar-refractivity contribution in [2.75, 3.05) is 18.4 Å². The summed E-state index contributed by atoms with van der Waals surface area (Å²) in [4.78, 5) is 17.6. The fourth-order valence-electron chi connectivity index (χ4n) is 4.07. The lowest BCUT2D eigenvalue weighted by Gasteiger charge is -2.31. The van der Waals surface area contributed by atoms with E-state index in [2.05, 4.69) is 15.4 Å². The summed E-state index contributed by atoms with van der Waals surface area (Å²) in [5, 5.41) is 7.74. The summed E-state index contributed by atoms with van der Waals surface area (Å²) in [6.45, 7) is 2.07. The van der Waals surface area contributed by atoms with Crippen molar-refractivity contribution >= 4 is 43.3 Å². The Morgan fingerprint density at radius 3 is 2.63 bits per heavy atom. The van der Waals surface area contributed by atoms with E-state index in [1.807, 2.05) is 0 Å². The first-order valence-electron chi connectivity index (χ1n) is 10.9. The summed E-state index contributed by atoms with van der Waals surface area (Å²) in [5.74, 6) is -1.41. The van der Waals surface area contributed by atoms with Gasteiger partial charge in [0.1, 0.15) is 17.5 Å². The van der Waals surface area contributed by atoms with Crippen molar-refractivity contribution in [3.05, 3.63) is 65.9 Å². The van der Waals surface area contributed by atoms with E-state index in [4.69, 9.17) is 0 Å². The molecule has 35 heavy (non-hydrogen) atoms. The van der Waals surface area contributed by atoms with Crippen LogP contribution in [0.25, 0.3) is 15.3 Å². The van der Waals surface area contributed by atoms with E-state index in [9.17, 15) is 22.0 Å². The summed E-state index contributed by atoms with van der Waals surface area (Å²) in [6.07, 6.45) is 1.04. The molecule has 0 aliphatic carbocycles. The van der Waals surface area contributed by atoms with Crippen molar-refractivity contribution in [2.45, 2.75) is 24.7 Å². The van der Waals surface area contributed by atoms with Crippen LogP contribution < -0.4 is 5.32 Å². The molecule has 1 N–H and O–H groups in total. The molecule has 0 spiro atoms. The molecular weight excluding hydrogens is 496 g/mol. The minimum Gasteiger partial charge on any atom is -0.310 e. The van der Waals surface area contributed by atoms with Crippen LogP contribution in [0.1, 0.15) is 18.5 Å². The van der Waals surface area contributed by atoms with Gasteiger partial charge < -0.3 is 5.32 Å². The highest BCUT2D eigenvalue weighted by Gasteiger charge is 2.33. The monoisotopic (exact) mass is 517 g/mol. The molecule has 0 bridgehead atoms. The number of carbonyl (C=O) groups is 1. The van der Waals surface area contributed by atoms with Crippen LogP contribution in [0.4, 0.5) is 14.6 Å². The number of halogens is 2. The van der Waals surface area contributed by atoms with E-state index in [1.54, 1.807) is 19.1 Å². The molecule has 0 saturated carbocycles. The number of benzene rings is 2. The maximum absolute atomic E-state index is 13.6. The lowest BCUT2D eigenvalue weighted by molar-refractivity contribution is -0.120. The predicted octanol–water partition coefficient (Wildman–Crippen LogP) is 4.11. The van der Waals surface area contributed by atoms with Crippen molar-refractivity contribution in [3.63, 3.8) is 0 Å². The summed E-state index contributed by atoms with van der Waals surface area (Å²) in [5.41, 5.74) is 1.26. The van der Waals surface area contributed by atoms with Crippen LogP contribution >= 0.6 is 11.3 Å². The molecule has 2 aromatic heterocycles. The molecule has 1 aliphatic heterocycles. The van der Waals surface area contributed by atoms with E-state index in [0.29, 0.717) is 39.7 Å². The van der Waals surface area contributed by atoms with E-state index in [0.717, 1.165) is 12.1 Å². The number of hydrogen-bond donors (Lipinski definition) is 1. The fourth-order valence-corrected chi connectivity index (χ4v) is 6.55. The zero-order valence-electron chi connectivity index (χ0n) is 18.6. The molecule has 5 rings (SSSR count). The second kappa shape index (κ2) is 9.10. The highest BCUT2D eigenvalue weighted by Crippen LogP contribution is 2.29. The van der Waals surface area contributed by atoms with Crippen LogP contribution in [0.5, 0.6) is 0 Å². The topological polar surface area (TPSA) is 97.2 Å². The molecule has 1 amide bonds. The van der Waals surface area contributed by atoms with Crippen molar-refractivity contribution < 1.29 is 22.0 Å². The number of rotatable bonds is 5. The number of thiazole rings is 1. The maximum Gasteiger partial charge on any atom is 0.243 e. The van der Waals surface area contributed by atoms with Gasteiger partial charge in [0.2, 0.25) is 21.1 Å². The Morgan fingerprint density at radius 2 is 1.86 bits per heavy atom. The van der Waals surface area contributed by atoms with Crippen LogP contribution in [-0.4, -0.2) is 46.5 Å². The van der Waals surface area contributed by atoms with Gasteiger partial charge in [0.05, 0.1) is 26.7 Å². The summed E-state index contributed by atoms with van der Waals surface area (Å²) >= 11 is 1.24. The second-order valence-electron chi connectivity index (χ2n) is 8.34. The van der Waals surface area contributed by atoms with Crippen molar-refractivity contribution in [1.82, 2.24) is 19.1 Å². The normalized spacial score (nSPS) is 17.1. The number of nitrogens with zero attached hydrogens (tertiary/aromatic N) is 4. The molecule has 12 heteroatoms. The predicted molar refractivity (Wildman–Crippen MR) is 128 cm³/mol. The average Bonchev–Trinajstić information content (AvgIpc) is 3.41. The number of aryl methyl sites for hydroxylation is 1. The summed E-state index contributed by atoms with van der Waals surface area (Å²) < 4.78 is 56.2. The fraction of sp³-hybridized carbons (Fsp3) is 0.261. The summed E-state index contributed by atoms with van der Waals surface area (Å²) in [7, 11) is -3.85. The zero-order valence-corrected chi connectivity index (χ0v) is 20.2. The van der Waals surface area contributed by atoms with Crippen LogP contribution in [0.3, 0.4) is 0 Å². The quantitative estimate of drug-likeness (QED) is 0.430. The van der Waals surface area contributed by atoms with Crippen molar-refractivity contribution in [1.29, 1.82) is 0 Å². The number of amides is 1. The lowest BCUT2D eigenvalue weighted by atomic mass is 9.99. The smallest absolute Gasteiger partial charge is 0.243 e. The first-order chi connectivity index (χ1) is 16.7. The Kier molecular flexibility index (Phi) is 6.11. The van der Waals surface area contributed by atoms with Gasteiger partial charge in [-0.1, -0.05) is 11.3 Å². The number of sulfonamides is 1. The van der Waals surface area contributed by atoms with Gasteiger partial charge in [-0.25, -0.2) is 22.2 Å². The molecule has 1 saturated heterocycles. The first kappa shape index (κ1) is 23.5. The standard InChI is InChI=1S/C23H21F2N5O3S2/c1-14-11-21(30(28-14)23-26-19-9-6-17(25)12-20(19)34-23)27-22(31)15-3-2-10-29(13-15)35(32,33)18-7-4-16(24)5-8-18/h4-9,11-12,15H,2-3,10,13H2,1H3,(H,27,31). The number of fused-ring (bicyclic) bond motifs is 1. The molecule has 0 radical (unpaired) electrons. The SMILES string of the molecule is Cc1cc(NC(=O)C2CCCN(S(=O)(=O)c3ccc(F)cc3)C2)n(-c2nc3ccc(F)cc3s2)n1. The van der Waals surface area contributed by atoms with Gasteiger partial charge in [0.25, 0.3) is 0 Å². The largest absolute Gasteiger partial charge is 0.310 e. The molecule has 3 heterocycles. The van der Waals surface area contributed by atoms with Gasteiger partial charge in [0.15, 0.2) is 0 Å². The number of hydrogen-bond acceptors (Lipinski definition) is 6. The minimum absolute atomic E-state index is 0.0130. The van der Waals surface area contributed by atoms with Gasteiger partial charge in [-0.15, -0.1) is 0 Å². The van der Waals surface area contributed by atoms with Crippen LogP contribution in [0, 0.1) is 24.5 Å². The number of aromatic nitrogens is 3. The summed E-state index contributed by atoms with van der Waals surface area (Å²) in [6, 6.07) is 10.6. The van der Waals surface area contributed by atoms with Gasteiger partial charge in [-0.05, 0) is 62.2 Å². The minimum atomic E-state index is -3.85. The molecular formula is C23H21F2N5O3S2. The van der Waals surface area contributed by atoms with E-state index < -0.39 is 21.8 Å². The number of carbonyl (C=O) groups excluding carboxylic acids is 1. The molecule has 2 aromatic carbocycles. The number of piperidine rings is 1. The molecule has 1 unspecified atom stereocenters. The van der Waals surface area contributed by atoms with Gasteiger partial charge in [-0.2, -0.15) is 14.1 Å². The molecule has 182 valence electrons. The van der Waals surface area contributed by atoms with Gasteiger partial charge in [-0.3, -0.25) is 4.79 Å². The highest BCUT2D eigenvalue weighted by atomic mass is 32.2. The molecule has 4 aromatic rings. The second-order valence-corrected chi connectivity index (χ2v) is 11.3. The van der Waals surface area contributed by atoms with Crippen molar-refractivity contribution in [2.24, 2.45) is 5.92 Å². The molecule has 1 atom stereocenters. The molecule has 1 fully saturated rings. The molecule has 1 aliphatic rings. The maximum atomic E-state index is 13.6. The Labute approximate surface area is 204 Å². The van der Waals surface area contributed by atoms with Gasteiger partial charge in [0, 0.05) is 19.2 Å². The third-order valence-corrected chi connectivity index (χ3v) is 8.68. The Bertz CT molecular complexity index is 1520. The third-order valence-electron chi connectivity index (χ3n) is 5.81. The van der Waals surface area contributed by atoms with E-state index in [1.165, 1.54) is 44.6 Å². The van der Waals surface area contributed by atoms with E-state index >= 15 is 0 Å². The third kappa shape index (κ3) is 4.68. The number of nitrogens with one attached hydrogen (secondary N) is 1. The Morgan fingerprint density at radius 1 is 1.11 bits per heavy atom. The molecule has 8 nitrogen and oxygen atoms in total. The Balaban J connectivity index is 1.36. The van der Waals surface area contributed by atoms with Crippen LogP contribution in [0.15, 0.2) is 53.4 Å². The van der Waals surface area contributed by atoms with E-state index in [-0.39, 0.29) is 29.7 Å². The Hall–Kier alpha value is -3.22. The lowest BCUT2D eigenvalue weighted by Crippen LogP contribution is -2.43. The van der Waals surface area contributed by atoms with Crippen molar-refractivity contribution in [3.8, 4) is 5.13 Å². The zero-order chi connectivity index (χ0) is 24.7.